The third kappa shape index (κ3) is 4.16. The number of carbonyl (C=O) groups excluding carboxylic acids is 2. The largest absolute Gasteiger partial charge is 0.444 e. The molecule has 5 nitrogen and oxygen atoms in total. The summed E-state index contributed by atoms with van der Waals surface area (Å²) in [5, 5.41) is 0. The highest BCUT2D eigenvalue weighted by atomic mass is 16.6. The number of amides is 1. The van der Waals surface area contributed by atoms with Crippen molar-refractivity contribution in [3.8, 4) is 0 Å². The van der Waals surface area contributed by atoms with Crippen molar-refractivity contribution < 1.29 is 14.3 Å². The molecular weight excluding hydrogens is 280 g/mol. The van der Waals surface area contributed by atoms with E-state index < -0.39 is 5.60 Å². The molecule has 0 saturated carbocycles. The number of Topliss-reactive ketones (excluding diaryl/α,β-unsaturated/α-hetero) is 1. The molecule has 1 amide bonds. The minimum atomic E-state index is -0.488. The van der Waals surface area contributed by atoms with Gasteiger partial charge < -0.3 is 9.64 Å². The summed E-state index contributed by atoms with van der Waals surface area (Å²) < 4.78 is 5.37. The molecule has 0 atom stereocenters. The normalized spacial score (nSPS) is 15.3. The summed E-state index contributed by atoms with van der Waals surface area (Å²) in [6.45, 7) is 8.16. The van der Waals surface area contributed by atoms with Gasteiger partial charge in [0.15, 0.2) is 5.78 Å². The summed E-state index contributed by atoms with van der Waals surface area (Å²) in [6.07, 6.45) is 2.38. The SMILES string of the molecule is CC(=O)c1cccc(C2=CCN(C(=O)OC(C)(C)C)CC2)n1. The number of ether oxygens (including phenoxy) is 1. The van der Waals surface area contributed by atoms with Crippen LogP contribution in [0.2, 0.25) is 0 Å². The van der Waals surface area contributed by atoms with Gasteiger partial charge in [0.25, 0.3) is 0 Å². The molecule has 0 spiro atoms. The fraction of sp³-hybridized carbons (Fsp3) is 0.471. The zero-order valence-electron chi connectivity index (χ0n) is 13.5. The molecule has 2 rings (SSSR count). The van der Waals surface area contributed by atoms with E-state index in [1.54, 1.807) is 11.0 Å². The van der Waals surface area contributed by atoms with Crippen LogP contribution in [0.3, 0.4) is 0 Å². The van der Waals surface area contributed by atoms with Crippen molar-refractivity contribution in [2.24, 2.45) is 0 Å². The smallest absolute Gasteiger partial charge is 0.410 e. The molecule has 5 heteroatoms. The van der Waals surface area contributed by atoms with Crippen LogP contribution in [-0.4, -0.2) is 40.5 Å². The summed E-state index contributed by atoms with van der Waals surface area (Å²) in [5.41, 5.74) is 1.84. The molecule has 118 valence electrons. The Morgan fingerprint density at radius 2 is 2.00 bits per heavy atom. The molecular formula is C17H22N2O3. The summed E-state index contributed by atoms with van der Waals surface area (Å²) >= 11 is 0. The van der Waals surface area contributed by atoms with E-state index in [0.29, 0.717) is 25.2 Å². The molecule has 0 N–H and O–H groups in total. The lowest BCUT2D eigenvalue weighted by Gasteiger charge is -2.29. The molecule has 0 radical (unpaired) electrons. The quantitative estimate of drug-likeness (QED) is 0.786. The Morgan fingerprint density at radius 3 is 2.55 bits per heavy atom. The predicted molar refractivity (Wildman–Crippen MR) is 84.6 cm³/mol. The number of pyridine rings is 1. The van der Waals surface area contributed by atoms with E-state index >= 15 is 0 Å². The van der Waals surface area contributed by atoms with E-state index in [1.807, 2.05) is 39.0 Å². The lowest BCUT2D eigenvalue weighted by Crippen LogP contribution is -2.39. The summed E-state index contributed by atoms with van der Waals surface area (Å²) in [6, 6.07) is 5.43. The Hall–Kier alpha value is -2.17. The van der Waals surface area contributed by atoms with Gasteiger partial charge in [0.2, 0.25) is 0 Å². The van der Waals surface area contributed by atoms with E-state index in [1.165, 1.54) is 6.92 Å². The zero-order chi connectivity index (χ0) is 16.3. The highest BCUT2D eigenvalue weighted by molar-refractivity contribution is 5.92. The van der Waals surface area contributed by atoms with Gasteiger partial charge in [-0.05, 0) is 44.9 Å². The molecule has 0 aliphatic carbocycles. The zero-order valence-corrected chi connectivity index (χ0v) is 13.5. The van der Waals surface area contributed by atoms with Gasteiger partial charge >= 0.3 is 6.09 Å². The molecule has 0 fully saturated rings. The molecule has 1 aliphatic heterocycles. The second-order valence-corrected chi connectivity index (χ2v) is 6.37. The van der Waals surface area contributed by atoms with E-state index in [-0.39, 0.29) is 11.9 Å². The van der Waals surface area contributed by atoms with Crippen LogP contribution in [0.1, 0.15) is 50.3 Å². The van der Waals surface area contributed by atoms with Crippen LogP contribution in [0.25, 0.3) is 5.57 Å². The number of ketones is 1. The Morgan fingerprint density at radius 1 is 1.27 bits per heavy atom. The van der Waals surface area contributed by atoms with Gasteiger partial charge in [-0.1, -0.05) is 12.1 Å². The first-order valence-corrected chi connectivity index (χ1v) is 7.41. The van der Waals surface area contributed by atoms with Crippen molar-refractivity contribution in [1.82, 2.24) is 9.88 Å². The van der Waals surface area contributed by atoms with E-state index in [9.17, 15) is 9.59 Å². The first-order valence-electron chi connectivity index (χ1n) is 7.41. The van der Waals surface area contributed by atoms with Crippen molar-refractivity contribution in [2.45, 2.75) is 39.7 Å². The maximum Gasteiger partial charge on any atom is 0.410 e. The van der Waals surface area contributed by atoms with E-state index in [2.05, 4.69) is 4.98 Å². The van der Waals surface area contributed by atoms with Crippen molar-refractivity contribution >= 4 is 17.4 Å². The van der Waals surface area contributed by atoms with Crippen molar-refractivity contribution in [3.63, 3.8) is 0 Å². The Balaban J connectivity index is 2.07. The molecule has 0 unspecified atom stereocenters. The molecule has 22 heavy (non-hydrogen) atoms. The maximum atomic E-state index is 12.0. The molecule has 1 aromatic rings. The average Bonchev–Trinajstić information content (AvgIpc) is 2.46. The number of hydrogen-bond acceptors (Lipinski definition) is 4. The minimum absolute atomic E-state index is 0.0476. The number of hydrogen-bond donors (Lipinski definition) is 0. The third-order valence-corrected chi connectivity index (χ3v) is 3.30. The minimum Gasteiger partial charge on any atom is -0.444 e. The Labute approximate surface area is 131 Å². The summed E-state index contributed by atoms with van der Waals surface area (Å²) in [7, 11) is 0. The van der Waals surface area contributed by atoms with Crippen LogP contribution < -0.4 is 0 Å². The molecule has 0 aromatic carbocycles. The lowest BCUT2D eigenvalue weighted by molar-refractivity contribution is 0.0270. The maximum absolute atomic E-state index is 12.0. The lowest BCUT2D eigenvalue weighted by atomic mass is 10.0. The van der Waals surface area contributed by atoms with Gasteiger partial charge in [0, 0.05) is 20.0 Å². The highest BCUT2D eigenvalue weighted by Gasteiger charge is 2.24. The van der Waals surface area contributed by atoms with Crippen LogP contribution in [-0.2, 0) is 4.74 Å². The monoisotopic (exact) mass is 302 g/mol. The van der Waals surface area contributed by atoms with Crippen LogP contribution in [0.4, 0.5) is 4.79 Å². The fourth-order valence-electron chi connectivity index (χ4n) is 2.20. The summed E-state index contributed by atoms with van der Waals surface area (Å²) in [4.78, 5) is 29.5. The Kier molecular flexibility index (Phi) is 4.64. The molecule has 1 aromatic heterocycles. The number of nitrogens with zero attached hydrogens (tertiary/aromatic N) is 2. The van der Waals surface area contributed by atoms with Crippen LogP contribution in [0, 0.1) is 0 Å². The van der Waals surface area contributed by atoms with E-state index in [0.717, 1.165) is 11.3 Å². The molecule has 1 aliphatic rings. The average molecular weight is 302 g/mol. The van der Waals surface area contributed by atoms with Crippen molar-refractivity contribution in [2.75, 3.05) is 13.1 Å². The van der Waals surface area contributed by atoms with Crippen LogP contribution in [0.15, 0.2) is 24.3 Å². The number of aromatic nitrogens is 1. The van der Waals surface area contributed by atoms with Crippen LogP contribution in [0.5, 0.6) is 0 Å². The molecule has 0 saturated heterocycles. The highest BCUT2D eigenvalue weighted by Crippen LogP contribution is 2.22. The standard InChI is InChI=1S/C17H22N2O3/c1-12(20)14-6-5-7-15(18-14)13-8-10-19(11-9-13)16(21)22-17(2,3)4/h5-8H,9-11H2,1-4H3. The first kappa shape index (κ1) is 16.2. The van der Waals surface area contributed by atoms with Gasteiger partial charge in [-0.2, -0.15) is 0 Å². The van der Waals surface area contributed by atoms with Gasteiger partial charge in [0.1, 0.15) is 11.3 Å². The fourth-order valence-corrected chi connectivity index (χ4v) is 2.20. The Bertz CT molecular complexity index is 615. The second kappa shape index (κ2) is 6.30. The number of rotatable bonds is 2. The third-order valence-electron chi connectivity index (χ3n) is 3.30. The van der Waals surface area contributed by atoms with Crippen molar-refractivity contribution in [1.29, 1.82) is 0 Å². The second-order valence-electron chi connectivity index (χ2n) is 6.37. The molecule has 2 heterocycles. The summed E-state index contributed by atoms with van der Waals surface area (Å²) in [5.74, 6) is -0.0476. The van der Waals surface area contributed by atoms with Gasteiger partial charge in [-0.3, -0.25) is 4.79 Å². The van der Waals surface area contributed by atoms with Crippen molar-refractivity contribution in [3.05, 3.63) is 35.7 Å². The number of carbonyl (C=O) groups is 2. The van der Waals surface area contributed by atoms with Gasteiger partial charge in [-0.25, -0.2) is 9.78 Å². The van der Waals surface area contributed by atoms with E-state index in [4.69, 9.17) is 4.74 Å². The first-order chi connectivity index (χ1) is 10.3. The topological polar surface area (TPSA) is 59.5 Å². The van der Waals surface area contributed by atoms with Gasteiger partial charge in [-0.15, -0.1) is 0 Å². The van der Waals surface area contributed by atoms with Crippen LogP contribution >= 0.6 is 0 Å². The predicted octanol–water partition coefficient (Wildman–Crippen LogP) is 3.31. The van der Waals surface area contributed by atoms with Gasteiger partial charge in [0.05, 0.1) is 5.69 Å². The molecule has 0 bridgehead atoms.